The van der Waals surface area contributed by atoms with Crippen LogP contribution in [-0.2, 0) is 31.1 Å². The molecule has 3 aliphatic heterocycles. The van der Waals surface area contributed by atoms with Gasteiger partial charge in [0.2, 0.25) is 17.7 Å². The zero-order valence-electron chi connectivity index (χ0n) is 19.8. The van der Waals surface area contributed by atoms with Crippen LogP contribution in [0, 0.1) is 18.8 Å². The molecule has 2 aromatic carbocycles. The number of hydrogen-bond acceptors (Lipinski definition) is 5. The van der Waals surface area contributed by atoms with E-state index in [0.717, 1.165) is 33.3 Å². The molecule has 0 bridgehead atoms. The summed E-state index contributed by atoms with van der Waals surface area (Å²) in [7, 11) is 1.60. The van der Waals surface area contributed by atoms with Gasteiger partial charge in [0.15, 0.2) is 0 Å². The Balaban J connectivity index is 1.45. The molecule has 180 valence electrons. The fraction of sp³-hybridized carbons (Fsp3) is 0.370. The molecule has 2 saturated heterocycles. The number of aromatic nitrogens is 1. The molecule has 3 amide bonds. The van der Waals surface area contributed by atoms with Gasteiger partial charge in [-0.2, -0.15) is 0 Å². The molecule has 35 heavy (non-hydrogen) atoms. The van der Waals surface area contributed by atoms with Gasteiger partial charge in [0.05, 0.1) is 11.8 Å². The van der Waals surface area contributed by atoms with Gasteiger partial charge in [0.25, 0.3) is 0 Å². The van der Waals surface area contributed by atoms with Crippen LogP contribution < -0.4 is 10.6 Å². The number of anilines is 1. The van der Waals surface area contributed by atoms with Gasteiger partial charge in [0.1, 0.15) is 5.54 Å². The van der Waals surface area contributed by atoms with Crippen LogP contribution in [0.1, 0.15) is 23.1 Å². The van der Waals surface area contributed by atoms with E-state index in [0.29, 0.717) is 19.4 Å². The molecular weight excluding hydrogens is 444 g/mol. The Kier molecular flexibility index (Phi) is 5.05. The van der Waals surface area contributed by atoms with Gasteiger partial charge in [-0.1, -0.05) is 36.4 Å². The van der Waals surface area contributed by atoms with Crippen LogP contribution in [0.25, 0.3) is 10.9 Å². The quantitative estimate of drug-likeness (QED) is 0.378. The van der Waals surface area contributed by atoms with E-state index < -0.39 is 17.4 Å². The number of rotatable bonds is 6. The Morgan fingerprint density at radius 2 is 1.89 bits per heavy atom. The minimum atomic E-state index is -1.27. The van der Waals surface area contributed by atoms with E-state index in [9.17, 15) is 14.4 Å². The lowest BCUT2D eigenvalue weighted by Gasteiger charge is -2.29. The molecule has 3 aromatic rings. The number of aryl methyl sites for hydroxylation is 1. The summed E-state index contributed by atoms with van der Waals surface area (Å²) in [6.45, 7) is 2.68. The smallest absolute Gasteiger partial charge is 0.250 e. The lowest BCUT2D eigenvalue weighted by Crippen LogP contribution is -2.53. The third-order valence-corrected chi connectivity index (χ3v) is 7.89. The summed E-state index contributed by atoms with van der Waals surface area (Å²) in [6.07, 6.45) is 3.03. The highest BCUT2D eigenvalue weighted by Crippen LogP contribution is 2.54. The van der Waals surface area contributed by atoms with E-state index in [2.05, 4.69) is 15.6 Å². The number of carbonyl (C=O) groups is 3. The summed E-state index contributed by atoms with van der Waals surface area (Å²) in [5.74, 6) is -2.18. The van der Waals surface area contributed by atoms with Gasteiger partial charge in [-0.05, 0) is 37.0 Å². The van der Waals surface area contributed by atoms with E-state index in [-0.39, 0.29) is 30.3 Å². The van der Waals surface area contributed by atoms with Crippen molar-refractivity contribution >= 4 is 34.3 Å². The maximum atomic E-state index is 13.8. The van der Waals surface area contributed by atoms with Crippen molar-refractivity contribution in [1.29, 1.82) is 0 Å². The predicted molar refractivity (Wildman–Crippen MR) is 131 cm³/mol. The second kappa shape index (κ2) is 8.03. The van der Waals surface area contributed by atoms with Crippen molar-refractivity contribution in [3.05, 3.63) is 65.4 Å². The Morgan fingerprint density at radius 3 is 2.71 bits per heavy atom. The molecule has 4 heterocycles. The van der Waals surface area contributed by atoms with E-state index in [1.165, 1.54) is 4.90 Å². The van der Waals surface area contributed by atoms with E-state index in [1.807, 2.05) is 55.6 Å². The van der Waals surface area contributed by atoms with Gasteiger partial charge in [-0.25, -0.2) is 0 Å². The molecular formula is C27H28N4O4. The van der Waals surface area contributed by atoms with Crippen LogP contribution in [0.4, 0.5) is 5.69 Å². The zero-order chi connectivity index (χ0) is 24.3. The normalized spacial score (nSPS) is 27.2. The first kappa shape index (κ1) is 22.0. The zero-order valence-corrected chi connectivity index (χ0v) is 19.8. The SMILES string of the molecule is COCCCN1C(=O)[C@@H]2C(Cc3c[nH]c4ccccc34)NC3(C(=O)Nc4c(C)cccc43)[C@@H]2C1=O. The van der Waals surface area contributed by atoms with E-state index in [1.54, 1.807) is 7.11 Å². The van der Waals surface area contributed by atoms with Crippen LogP contribution in [0.2, 0.25) is 0 Å². The maximum Gasteiger partial charge on any atom is 0.250 e. The summed E-state index contributed by atoms with van der Waals surface area (Å²) in [5.41, 5.74) is 3.20. The van der Waals surface area contributed by atoms with Crippen molar-refractivity contribution in [2.75, 3.05) is 25.6 Å². The average Bonchev–Trinajstić information content (AvgIpc) is 3.56. The molecule has 2 fully saturated rings. The Morgan fingerprint density at radius 1 is 1.06 bits per heavy atom. The number of likely N-dealkylation sites (tertiary alicyclic amines) is 1. The Hall–Kier alpha value is -3.49. The number of para-hydroxylation sites is 2. The molecule has 8 nitrogen and oxygen atoms in total. The number of nitrogens with one attached hydrogen (secondary N) is 3. The number of amides is 3. The molecule has 1 aromatic heterocycles. The average molecular weight is 473 g/mol. The summed E-state index contributed by atoms with van der Waals surface area (Å²) >= 11 is 0. The van der Waals surface area contributed by atoms with Crippen LogP contribution in [0.15, 0.2) is 48.7 Å². The second-order valence-corrected chi connectivity index (χ2v) is 9.75. The topological polar surface area (TPSA) is 104 Å². The number of ether oxygens (including phenoxy) is 1. The minimum absolute atomic E-state index is 0.209. The molecule has 3 N–H and O–H groups in total. The van der Waals surface area contributed by atoms with E-state index >= 15 is 0 Å². The number of methoxy groups -OCH3 is 1. The van der Waals surface area contributed by atoms with Crippen molar-refractivity contribution in [2.45, 2.75) is 31.3 Å². The molecule has 0 radical (unpaired) electrons. The highest BCUT2D eigenvalue weighted by Gasteiger charge is 2.70. The number of H-pyrrole nitrogens is 1. The number of carbonyl (C=O) groups excluding carboxylic acids is 3. The number of nitrogens with zero attached hydrogens (tertiary/aromatic N) is 1. The molecule has 0 saturated carbocycles. The third kappa shape index (κ3) is 3.03. The molecule has 8 heteroatoms. The minimum Gasteiger partial charge on any atom is -0.385 e. The highest BCUT2D eigenvalue weighted by atomic mass is 16.5. The molecule has 6 rings (SSSR count). The largest absolute Gasteiger partial charge is 0.385 e. The first-order valence-corrected chi connectivity index (χ1v) is 12.1. The fourth-order valence-corrected chi connectivity index (χ4v) is 6.34. The van der Waals surface area contributed by atoms with Crippen molar-refractivity contribution in [2.24, 2.45) is 11.8 Å². The lowest BCUT2D eigenvalue weighted by molar-refractivity contribution is -0.143. The van der Waals surface area contributed by atoms with Crippen molar-refractivity contribution < 1.29 is 19.1 Å². The van der Waals surface area contributed by atoms with Crippen molar-refractivity contribution in [1.82, 2.24) is 15.2 Å². The van der Waals surface area contributed by atoms with Gasteiger partial charge < -0.3 is 15.0 Å². The van der Waals surface area contributed by atoms with Crippen LogP contribution in [0.3, 0.4) is 0 Å². The summed E-state index contributed by atoms with van der Waals surface area (Å²) in [6, 6.07) is 13.4. The van der Waals surface area contributed by atoms with Crippen molar-refractivity contribution in [3.63, 3.8) is 0 Å². The number of hydrogen-bond donors (Lipinski definition) is 3. The highest BCUT2D eigenvalue weighted by molar-refractivity contribution is 6.15. The van der Waals surface area contributed by atoms with Crippen LogP contribution in [-0.4, -0.2) is 53.9 Å². The first-order valence-electron chi connectivity index (χ1n) is 12.1. The van der Waals surface area contributed by atoms with Crippen LogP contribution >= 0.6 is 0 Å². The maximum absolute atomic E-state index is 13.8. The summed E-state index contributed by atoms with van der Waals surface area (Å²) in [5, 5.41) is 7.62. The fourth-order valence-electron chi connectivity index (χ4n) is 6.34. The molecule has 2 unspecified atom stereocenters. The third-order valence-electron chi connectivity index (χ3n) is 7.89. The molecule has 3 aliphatic rings. The Bertz CT molecular complexity index is 1360. The number of imide groups is 1. The van der Waals surface area contributed by atoms with Crippen molar-refractivity contribution in [3.8, 4) is 0 Å². The molecule has 0 aliphatic carbocycles. The summed E-state index contributed by atoms with van der Waals surface area (Å²) < 4.78 is 5.14. The predicted octanol–water partition coefficient (Wildman–Crippen LogP) is 2.48. The van der Waals surface area contributed by atoms with E-state index in [4.69, 9.17) is 4.74 Å². The standard InChI is InChI=1S/C27H28N4O4/c1-15-7-5-9-18-23(15)29-26(34)27(18)22-21(24(32)31(25(22)33)11-6-12-35-2)20(30-27)13-16-14-28-19-10-4-3-8-17(16)19/h3-5,7-10,14,20-22,28,30H,6,11-13H2,1-2H3,(H,29,34)/t20?,21-,22+,27?/m1/s1. The monoisotopic (exact) mass is 472 g/mol. The second-order valence-electron chi connectivity index (χ2n) is 9.75. The summed E-state index contributed by atoms with van der Waals surface area (Å²) in [4.78, 5) is 45.8. The van der Waals surface area contributed by atoms with Gasteiger partial charge in [-0.3, -0.25) is 24.6 Å². The van der Waals surface area contributed by atoms with Crippen LogP contribution in [0.5, 0.6) is 0 Å². The molecule has 1 spiro atoms. The van der Waals surface area contributed by atoms with Gasteiger partial charge in [-0.15, -0.1) is 0 Å². The first-order chi connectivity index (χ1) is 17.0. The number of benzene rings is 2. The van der Waals surface area contributed by atoms with Gasteiger partial charge in [0, 0.05) is 54.7 Å². The van der Waals surface area contributed by atoms with Gasteiger partial charge >= 0.3 is 0 Å². The molecule has 4 atom stereocenters. The lowest BCUT2D eigenvalue weighted by atomic mass is 9.76. The number of fused-ring (bicyclic) bond motifs is 5. The number of aromatic amines is 1. The Labute approximate surface area is 203 Å².